The monoisotopic (exact) mass is 495 g/mol. The molecule has 1 aliphatic heterocycles. The van der Waals surface area contributed by atoms with Crippen molar-refractivity contribution in [1.29, 1.82) is 0 Å². The first kappa shape index (κ1) is 25.8. The third-order valence-corrected chi connectivity index (χ3v) is 5.64. The van der Waals surface area contributed by atoms with E-state index in [0.717, 1.165) is 17.7 Å². The maximum absolute atomic E-state index is 12.9. The zero-order valence-electron chi connectivity index (χ0n) is 18.8. The molecule has 12 heteroatoms. The number of hydrogen-bond acceptors (Lipinski definition) is 7. The number of carbonyl (C=O) groups excluding carboxylic acids is 2. The summed E-state index contributed by atoms with van der Waals surface area (Å²) in [5, 5.41) is 14.0. The summed E-state index contributed by atoms with van der Waals surface area (Å²) in [5.41, 5.74) is -0.870. The Bertz CT molecular complexity index is 1080. The summed E-state index contributed by atoms with van der Waals surface area (Å²) in [4.78, 5) is 36.4. The van der Waals surface area contributed by atoms with Gasteiger partial charge in [0.25, 0.3) is 11.6 Å². The van der Waals surface area contributed by atoms with E-state index < -0.39 is 46.8 Å². The van der Waals surface area contributed by atoms with Gasteiger partial charge in [0.1, 0.15) is 11.4 Å². The molecular formula is C23H24F3N3O6. The van der Waals surface area contributed by atoms with E-state index in [1.807, 2.05) is 6.07 Å². The van der Waals surface area contributed by atoms with Crippen LogP contribution >= 0.6 is 0 Å². The Morgan fingerprint density at radius 1 is 1.17 bits per heavy atom. The van der Waals surface area contributed by atoms with Crippen LogP contribution in [0.3, 0.4) is 0 Å². The number of carbonyl (C=O) groups is 2. The van der Waals surface area contributed by atoms with Crippen molar-refractivity contribution in [2.75, 3.05) is 31.7 Å². The first-order chi connectivity index (χ1) is 16.6. The second-order valence-corrected chi connectivity index (χ2v) is 7.96. The predicted molar refractivity (Wildman–Crippen MR) is 119 cm³/mol. The minimum atomic E-state index is -4.69. The number of ether oxygens (including phenoxy) is 2. The van der Waals surface area contributed by atoms with Crippen LogP contribution in [0.15, 0.2) is 42.5 Å². The van der Waals surface area contributed by atoms with Gasteiger partial charge in [-0.25, -0.2) is 0 Å². The fourth-order valence-electron chi connectivity index (χ4n) is 3.76. The largest absolute Gasteiger partial charge is 0.497 e. The van der Waals surface area contributed by atoms with Crippen LogP contribution in [0.4, 0.5) is 24.5 Å². The third kappa shape index (κ3) is 6.84. The summed E-state index contributed by atoms with van der Waals surface area (Å²) in [5.74, 6) is -0.913. The van der Waals surface area contributed by atoms with Crippen molar-refractivity contribution < 1.29 is 37.2 Å². The molecule has 0 atom stereocenters. The lowest BCUT2D eigenvalue weighted by Gasteiger charge is -2.32. The number of methoxy groups -OCH3 is 1. The molecule has 1 amide bonds. The first-order valence-electron chi connectivity index (χ1n) is 10.8. The molecule has 0 aromatic heterocycles. The molecule has 0 saturated carbocycles. The van der Waals surface area contributed by atoms with Gasteiger partial charge in [-0.3, -0.25) is 19.7 Å². The van der Waals surface area contributed by atoms with E-state index in [0.29, 0.717) is 11.8 Å². The maximum atomic E-state index is 12.9. The Morgan fingerprint density at radius 2 is 1.89 bits per heavy atom. The SMILES string of the molecule is COc1cccc(CNC(=O)COC(=O)C2CCN(c3ccc(C(F)(F)F)cc3[N+](=O)[O-])CC2)c1. The summed E-state index contributed by atoms with van der Waals surface area (Å²) in [6.07, 6.45) is -4.13. The van der Waals surface area contributed by atoms with Gasteiger partial charge < -0.3 is 19.7 Å². The predicted octanol–water partition coefficient (Wildman–Crippen LogP) is 3.70. The van der Waals surface area contributed by atoms with Crippen molar-refractivity contribution >= 4 is 23.3 Å². The smallest absolute Gasteiger partial charge is 0.416 e. The van der Waals surface area contributed by atoms with E-state index in [1.54, 1.807) is 23.1 Å². The van der Waals surface area contributed by atoms with Gasteiger partial charge in [-0.1, -0.05) is 12.1 Å². The molecule has 1 saturated heterocycles. The number of alkyl halides is 3. The number of anilines is 1. The molecule has 1 N–H and O–H groups in total. The number of rotatable bonds is 8. The lowest BCUT2D eigenvalue weighted by Crippen LogP contribution is -2.38. The van der Waals surface area contributed by atoms with Crippen LogP contribution in [-0.4, -0.2) is 43.6 Å². The molecule has 9 nitrogen and oxygen atoms in total. The molecule has 188 valence electrons. The zero-order valence-corrected chi connectivity index (χ0v) is 18.8. The highest BCUT2D eigenvalue weighted by molar-refractivity contribution is 5.81. The van der Waals surface area contributed by atoms with E-state index in [2.05, 4.69) is 5.32 Å². The van der Waals surface area contributed by atoms with Crippen molar-refractivity contribution in [3.05, 3.63) is 63.7 Å². The van der Waals surface area contributed by atoms with Gasteiger partial charge in [-0.15, -0.1) is 0 Å². The normalized spacial score (nSPS) is 14.3. The molecule has 1 aliphatic rings. The minimum Gasteiger partial charge on any atom is -0.497 e. The molecule has 0 spiro atoms. The lowest BCUT2D eigenvalue weighted by molar-refractivity contribution is -0.384. The van der Waals surface area contributed by atoms with Crippen LogP contribution < -0.4 is 15.0 Å². The van der Waals surface area contributed by atoms with Crippen LogP contribution in [0.2, 0.25) is 0 Å². The van der Waals surface area contributed by atoms with Crippen molar-refractivity contribution in [1.82, 2.24) is 5.32 Å². The van der Waals surface area contributed by atoms with Crippen molar-refractivity contribution in [2.45, 2.75) is 25.6 Å². The Labute approximate surface area is 199 Å². The number of nitro groups is 1. The van der Waals surface area contributed by atoms with E-state index in [9.17, 15) is 32.9 Å². The van der Waals surface area contributed by atoms with Gasteiger partial charge >= 0.3 is 12.1 Å². The number of amides is 1. The van der Waals surface area contributed by atoms with Crippen molar-refractivity contribution in [3.63, 3.8) is 0 Å². The van der Waals surface area contributed by atoms with Crippen LogP contribution in [0.5, 0.6) is 5.75 Å². The highest BCUT2D eigenvalue weighted by Gasteiger charge is 2.35. The Kier molecular flexibility index (Phi) is 8.15. The standard InChI is InChI=1S/C23H24F3N3O6/c1-34-18-4-2-3-15(11-18)13-27-21(30)14-35-22(31)16-7-9-28(10-8-16)19-6-5-17(23(24,25)26)12-20(19)29(32)33/h2-6,11-12,16H,7-10,13-14H2,1H3,(H,27,30). The molecule has 1 fully saturated rings. The lowest BCUT2D eigenvalue weighted by atomic mass is 9.96. The molecular weight excluding hydrogens is 471 g/mol. The summed E-state index contributed by atoms with van der Waals surface area (Å²) in [6, 6.07) is 9.52. The zero-order chi connectivity index (χ0) is 25.6. The quantitative estimate of drug-likeness (QED) is 0.338. The number of nitrogens with one attached hydrogen (secondary N) is 1. The summed E-state index contributed by atoms with van der Waals surface area (Å²) < 4.78 is 49.0. The van der Waals surface area contributed by atoms with Crippen LogP contribution in [0.25, 0.3) is 0 Å². The summed E-state index contributed by atoms with van der Waals surface area (Å²) in [7, 11) is 1.53. The molecule has 0 aliphatic carbocycles. The molecule has 2 aromatic rings. The number of hydrogen-bond donors (Lipinski definition) is 1. The van der Waals surface area contributed by atoms with E-state index in [1.165, 1.54) is 7.11 Å². The molecule has 0 unspecified atom stereocenters. The van der Waals surface area contributed by atoms with Crippen molar-refractivity contribution in [2.24, 2.45) is 5.92 Å². The molecule has 35 heavy (non-hydrogen) atoms. The average molecular weight is 495 g/mol. The molecule has 0 radical (unpaired) electrons. The van der Waals surface area contributed by atoms with Crippen LogP contribution in [0.1, 0.15) is 24.0 Å². The molecule has 0 bridgehead atoms. The average Bonchev–Trinajstić information content (AvgIpc) is 2.85. The number of nitro benzene ring substituents is 1. The first-order valence-corrected chi connectivity index (χ1v) is 10.8. The number of esters is 1. The van der Waals surface area contributed by atoms with Gasteiger partial charge in [0, 0.05) is 25.7 Å². The van der Waals surface area contributed by atoms with Gasteiger partial charge in [0.05, 0.1) is 23.5 Å². The number of halogens is 3. The van der Waals surface area contributed by atoms with Gasteiger partial charge in [0.2, 0.25) is 0 Å². The van der Waals surface area contributed by atoms with Gasteiger partial charge in [-0.05, 0) is 42.7 Å². The number of nitrogens with zero attached hydrogens (tertiary/aromatic N) is 2. The topological polar surface area (TPSA) is 111 Å². The second kappa shape index (κ2) is 11.1. The fraction of sp³-hybridized carbons (Fsp3) is 0.391. The van der Waals surface area contributed by atoms with Crippen LogP contribution in [0, 0.1) is 16.0 Å². The second-order valence-electron chi connectivity index (χ2n) is 7.96. The number of piperidine rings is 1. The molecule has 3 rings (SSSR count). The van der Waals surface area contributed by atoms with Crippen molar-refractivity contribution in [3.8, 4) is 5.75 Å². The maximum Gasteiger partial charge on any atom is 0.416 e. The Morgan fingerprint density at radius 3 is 2.51 bits per heavy atom. The van der Waals surface area contributed by atoms with Crippen LogP contribution in [-0.2, 0) is 27.0 Å². The fourth-order valence-corrected chi connectivity index (χ4v) is 3.76. The molecule has 1 heterocycles. The summed E-state index contributed by atoms with van der Waals surface area (Å²) >= 11 is 0. The Hall–Kier alpha value is -3.83. The van der Waals surface area contributed by atoms with Gasteiger partial charge in [0.15, 0.2) is 6.61 Å². The number of benzene rings is 2. The van der Waals surface area contributed by atoms with Gasteiger partial charge in [-0.2, -0.15) is 13.2 Å². The highest BCUT2D eigenvalue weighted by atomic mass is 19.4. The highest BCUT2D eigenvalue weighted by Crippen LogP contribution is 2.37. The summed E-state index contributed by atoms with van der Waals surface area (Å²) in [6.45, 7) is 0.216. The third-order valence-electron chi connectivity index (χ3n) is 5.64. The molecule has 2 aromatic carbocycles. The van der Waals surface area contributed by atoms with E-state index in [-0.39, 0.29) is 38.2 Å². The minimum absolute atomic E-state index is 0.0618. The van der Waals surface area contributed by atoms with E-state index >= 15 is 0 Å². The van der Waals surface area contributed by atoms with E-state index in [4.69, 9.17) is 9.47 Å². The Balaban J connectivity index is 1.49.